The summed E-state index contributed by atoms with van der Waals surface area (Å²) in [4.78, 5) is 0. The van der Waals surface area contributed by atoms with Gasteiger partial charge in [0, 0.05) is 6.04 Å². The third-order valence-corrected chi connectivity index (χ3v) is 5.83. The topological polar surface area (TPSA) is 12.0 Å². The number of fused-ring (bicyclic) bond motifs is 1. The lowest BCUT2D eigenvalue weighted by Crippen LogP contribution is -2.34. The van der Waals surface area contributed by atoms with Crippen molar-refractivity contribution < 1.29 is 0 Å². The van der Waals surface area contributed by atoms with Gasteiger partial charge in [0.1, 0.15) is 0 Å². The standard InChI is InChI=1S/C20H31N/c1-3-15-8-5-6-11-19(15)20(21-4-2)18-13-12-16-9-7-10-17(16)14-18/h12-15,19-21H,3-11H2,1-2H3. The molecule has 2 aliphatic rings. The molecule has 0 aromatic heterocycles. The number of aryl methyl sites for hydroxylation is 2. The van der Waals surface area contributed by atoms with Crippen LogP contribution in [0.1, 0.15) is 75.1 Å². The molecule has 0 heterocycles. The molecule has 0 amide bonds. The second-order valence-electron chi connectivity index (χ2n) is 7.03. The van der Waals surface area contributed by atoms with Gasteiger partial charge >= 0.3 is 0 Å². The molecule has 0 bridgehead atoms. The minimum atomic E-state index is 0.575. The maximum absolute atomic E-state index is 3.82. The molecular weight excluding hydrogens is 254 g/mol. The summed E-state index contributed by atoms with van der Waals surface area (Å²) >= 11 is 0. The van der Waals surface area contributed by atoms with Crippen LogP contribution in [-0.2, 0) is 12.8 Å². The fourth-order valence-corrected chi connectivity index (χ4v) is 4.70. The molecule has 0 spiro atoms. The predicted octanol–water partition coefficient (Wildman–Crippen LogP) is 5.04. The van der Waals surface area contributed by atoms with Crippen LogP contribution in [0, 0.1) is 11.8 Å². The summed E-state index contributed by atoms with van der Waals surface area (Å²) in [5.41, 5.74) is 4.78. The molecule has 1 saturated carbocycles. The molecule has 3 atom stereocenters. The third-order valence-electron chi connectivity index (χ3n) is 5.83. The average molecular weight is 285 g/mol. The Balaban J connectivity index is 1.86. The Morgan fingerprint density at radius 3 is 2.67 bits per heavy atom. The predicted molar refractivity (Wildman–Crippen MR) is 90.6 cm³/mol. The fraction of sp³-hybridized carbons (Fsp3) is 0.700. The minimum absolute atomic E-state index is 0.575. The fourth-order valence-electron chi connectivity index (χ4n) is 4.70. The van der Waals surface area contributed by atoms with Crippen molar-refractivity contribution >= 4 is 0 Å². The lowest BCUT2D eigenvalue weighted by molar-refractivity contribution is 0.176. The Bertz CT molecular complexity index is 465. The highest BCUT2D eigenvalue weighted by atomic mass is 14.9. The Labute approximate surface area is 130 Å². The van der Waals surface area contributed by atoms with Gasteiger partial charge in [-0.05, 0) is 60.8 Å². The molecular formula is C20H31N. The monoisotopic (exact) mass is 285 g/mol. The van der Waals surface area contributed by atoms with Crippen LogP contribution in [0.5, 0.6) is 0 Å². The summed E-state index contributed by atoms with van der Waals surface area (Å²) in [7, 11) is 0. The highest BCUT2D eigenvalue weighted by Crippen LogP contribution is 2.41. The number of nitrogens with one attached hydrogen (secondary N) is 1. The van der Waals surface area contributed by atoms with Crippen molar-refractivity contribution in [1.82, 2.24) is 5.32 Å². The van der Waals surface area contributed by atoms with E-state index >= 15 is 0 Å². The number of benzene rings is 1. The molecule has 3 unspecified atom stereocenters. The molecule has 0 saturated heterocycles. The maximum Gasteiger partial charge on any atom is 0.0351 e. The molecule has 1 nitrogen and oxygen atoms in total. The first-order valence-electron chi connectivity index (χ1n) is 9.18. The summed E-state index contributed by atoms with van der Waals surface area (Å²) in [6, 6.07) is 7.92. The Kier molecular flexibility index (Phi) is 5.00. The van der Waals surface area contributed by atoms with Crippen LogP contribution in [0.2, 0.25) is 0 Å². The first kappa shape index (κ1) is 15.1. The zero-order chi connectivity index (χ0) is 14.7. The summed E-state index contributed by atoms with van der Waals surface area (Å²) < 4.78 is 0. The highest BCUT2D eigenvalue weighted by molar-refractivity contribution is 5.37. The van der Waals surface area contributed by atoms with Crippen molar-refractivity contribution in [3.63, 3.8) is 0 Å². The van der Waals surface area contributed by atoms with Gasteiger partial charge < -0.3 is 5.32 Å². The van der Waals surface area contributed by atoms with E-state index in [2.05, 4.69) is 37.4 Å². The Morgan fingerprint density at radius 1 is 1.05 bits per heavy atom. The van der Waals surface area contributed by atoms with E-state index in [4.69, 9.17) is 0 Å². The first-order chi connectivity index (χ1) is 10.3. The quantitative estimate of drug-likeness (QED) is 0.799. The van der Waals surface area contributed by atoms with Gasteiger partial charge in [-0.15, -0.1) is 0 Å². The van der Waals surface area contributed by atoms with Crippen molar-refractivity contribution in [3.05, 3.63) is 34.9 Å². The lowest BCUT2D eigenvalue weighted by atomic mass is 9.72. The van der Waals surface area contributed by atoms with E-state index in [0.29, 0.717) is 6.04 Å². The number of hydrogen-bond donors (Lipinski definition) is 1. The van der Waals surface area contributed by atoms with Crippen LogP contribution in [0.3, 0.4) is 0 Å². The molecule has 0 radical (unpaired) electrons. The van der Waals surface area contributed by atoms with E-state index in [1.54, 1.807) is 16.7 Å². The van der Waals surface area contributed by atoms with Crippen molar-refractivity contribution in [3.8, 4) is 0 Å². The second-order valence-corrected chi connectivity index (χ2v) is 7.03. The molecule has 2 aliphatic carbocycles. The van der Waals surface area contributed by atoms with Gasteiger partial charge in [0.05, 0.1) is 0 Å². The van der Waals surface area contributed by atoms with Gasteiger partial charge in [-0.3, -0.25) is 0 Å². The van der Waals surface area contributed by atoms with Crippen LogP contribution in [0.4, 0.5) is 0 Å². The molecule has 21 heavy (non-hydrogen) atoms. The minimum Gasteiger partial charge on any atom is -0.310 e. The van der Waals surface area contributed by atoms with Crippen LogP contribution in [0.15, 0.2) is 18.2 Å². The van der Waals surface area contributed by atoms with Crippen LogP contribution < -0.4 is 5.32 Å². The normalized spacial score (nSPS) is 26.6. The lowest BCUT2D eigenvalue weighted by Gasteiger charge is -2.37. The second kappa shape index (κ2) is 6.96. The van der Waals surface area contributed by atoms with Crippen LogP contribution in [0.25, 0.3) is 0 Å². The van der Waals surface area contributed by atoms with Crippen molar-refractivity contribution in [2.24, 2.45) is 11.8 Å². The van der Waals surface area contributed by atoms with E-state index in [1.807, 2.05) is 0 Å². The first-order valence-corrected chi connectivity index (χ1v) is 9.18. The van der Waals surface area contributed by atoms with E-state index < -0.39 is 0 Å². The molecule has 0 aliphatic heterocycles. The van der Waals surface area contributed by atoms with Gasteiger partial charge in [0.15, 0.2) is 0 Å². The summed E-state index contributed by atoms with van der Waals surface area (Å²) in [6.45, 7) is 5.72. The number of rotatable bonds is 5. The average Bonchev–Trinajstić information content (AvgIpc) is 3.00. The van der Waals surface area contributed by atoms with Gasteiger partial charge in [-0.1, -0.05) is 57.7 Å². The Hall–Kier alpha value is -0.820. The van der Waals surface area contributed by atoms with E-state index in [9.17, 15) is 0 Å². The molecule has 1 aromatic rings. The molecule has 1 fully saturated rings. The van der Waals surface area contributed by atoms with E-state index in [-0.39, 0.29) is 0 Å². The molecule has 1 heteroatoms. The molecule has 1 N–H and O–H groups in total. The molecule has 116 valence electrons. The van der Waals surface area contributed by atoms with E-state index in [0.717, 1.165) is 18.4 Å². The third kappa shape index (κ3) is 3.18. The number of hydrogen-bond acceptors (Lipinski definition) is 1. The van der Waals surface area contributed by atoms with Gasteiger partial charge in [0.2, 0.25) is 0 Å². The zero-order valence-corrected chi connectivity index (χ0v) is 13.8. The maximum atomic E-state index is 3.82. The van der Waals surface area contributed by atoms with Gasteiger partial charge in [-0.25, -0.2) is 0 Å². The SMILES string of the molecule is CCNC(c1ccc2c(c1)CCC2)C1CCCCC1CC. The van der Waals surface area contributed by atoms with E-state index in [1.165, 1.54) is 51.4 Å². The summed E-state index contributed by atoms with van der Waals surface area (Å²) in [6.07, 6.45) is 11.0. The van der Waals surface area contributed by atoms with Crippen LogP contribution in [-0.4, -0.2) is 6.54 Å². The smallest absolute Gasteiger partial charge is 0.0351 e. The molecule has 1 aromatic carbocycles. The largest absolute Gasteiger partial charge is 0.310 e. The highest BCUT2D eigenvalue weighted by Gasteiger charge is 2.31. The summed E-state index contributed by atoms with van der Waals surface area (Å²) in [5, 5.41) is 3.82. The Morgan fingerprint density at radius 2 is 1.86 bits per heavy atom. The van der Waals surface area contributed by atoms with Crippen molar-refractivity contribution in [2.75, 3.05) is 6.54 Å². The van der Waals surface area contributed by atoms with Gasteiger partial charge in [-0.2, -0.15) is 0 Å². The molecule has 3 rings (SSSR count). The zero-order valence-electron chi connectivity index (χ0n) is 13.8. The van der Waals surface area contributed by atoms with Crippen LogP contribution >= 0.6 is 0 Å². The van der Waals surface area contributed by atoms with Gasteiger partial charge in [0.25, 0.3) is 0 Å². The summed E-state index contributed by atoms with van der Waals surface area (Å²) in [5.74, 6) is 1.75. The van der Waals surface area contributed by atoms with Crippen molar-refractivity contribution in [2.45, 2.75) is 71.3 Å². The van der Waals surface area contributed by atoms with Crippen molar-refractivity contribution in [1.29, 1.82) is 0 Å².